The van der Waals surface area contributed by atoms with Crippen LogP contribution >= 0.6 is 23.5 Å². The maximum Gasteiger partial charge on any atom is 1.00 e. The third-order valence-corrected chi connectivity index (χ3v) is 15.8. The number of carbonyl (C=O) groups excluding carboxylic acids is 4. The van der Waals surface area contributed by atoms with Crippen LogP contribution in [0, 0.1) is 23.7 Å². The zero-order chi connectivity index (χ0) is 48.0. The molecule has 2 aromatic carbocycles. The van der Waals surface area contributed by atoms with Gasteiger partial charge in [0.2, 0.25) is 23.6 Å². The molecule has 376 valence electrons. The number of aliphatic carboxylic acids is 2. The van der Waals surface area contributed by atoms with E-state index in [-0.39, 0.29) is 156 Å². The van der Waals surface area contributed by atoms with Crippen LogP contribution in [0.3, 0.4) is 0 Å². The Labute approximate surface area is 459 Å². The van der Waals surface area contributed by atoms with Crippen LogP contribution in [0.2, 0.25) is 0 Å². The molecular formula is C44H56N6Na2O17S2+2. The molecule has 0 saturated carbocycles. The van der Waals surface area contributed by atoms with Gasteiger partial charge in [-0.25, -0.2) is 19.2 Å². The number of rotatable bonds is 14. The van der Waals surface area contributed by atoms with Gasteiger partial charge in [0.05, 0.1) is 59.3 Å². The normalized spacial score (nSPS) is 27.4. The Morgan fingerprint density at radius 2 is 0.944 bits per heavy atom. The average Bonchev–Trinajstić information content (AvgIpc) is 4.02. The third kappa shape index (κ3) is 12.7. The van der Waals surface area contributed by atoms with Gasteiger partial charge >= 0.3 is 83.0 Å². The molecule has 4 fully saturated rings. The molecule has 0 radical (unpaired) electrons. The van der Waals surface area contributed by atoms with Crippen molar-refractivity contribution in [1.82, 2.24) is 20.4 Å². The Hall–Kier alpha value is -3.90. The van der Waals surface area contributed by atoms with Crippen molar-refractivity contribution in [3.8, 4) is 0 Å². The second-order valence-corrected chi connectivity index (χ2v) is 19.9. The number of nitrogens with zero attached hydrogens (tertiary/aromatic N) is 2. The molecular weight excluding hydrogens is 995 g/mol. The van der Waals surface area contributed by atoms with Gasteiger partial charge in [-0.3, -0.25) is 19.2 Å². The maximum atomic E-state index is 12.7. The number of hydrogen-bond donors (Lipinski definition) is 10. The topological polar surface area (TPSA) is 407 Å². The zero-order valence-electron chi connectivity index (χ0n) is 39.5. The van der Waals surface area contributed by atoms with Gasteiger partial charge in [0.15, 0.2) is 0 Å². The second-order valence-electron chi connectivity index (χ2n) is 17.2. The van der Waals surface area contributed by atoms with Crippen molar-refractivity contribution in [3.05, 3.63) is 80.9 Å². The third-order valence-electron chi connectivity index (χ3n) is 12.8. The van der Waals surface area contributed by atoms with E-state index in [1.54, 1.807) is 24.3 Å². The quantitative estimate of drug-likeness (QED) is 0.0621. The first-order valence-corrected chi connectivity index (χ1v) is 23.0. The first-order chi connectivity index (χ1) is 31.2. The molecule has 12 atom stereocenters. The van der Waals surface area contributed by atoms with Gasteiger partial charge in [-0.1, -0.05) is 26.0 Å². The van der Waals surface area contributed by atoms with Crippen molar-refractivity contribution in [2.24, 2.45) is 23.7 Å². The number of benzene rings is 2. The predicted molar refractivity (Wildman–Crippen MR) is 250 cm³/mol. The number of fused-ring (bicyclic) bond motifs is 2. The summed E-state index contributed by atoms with van der Waals surface area (Å²) in [6.07, 6.45) is -0.837. The van der Waals surface area contributed by atoms with E-state index in [0.717, 1.165) is 0 Å². The van der Waals surface area contributed by atoms with Crippen LogP contribution in [0.25, 0.3) is 0 Å². The number of aromatic carboxylic acids is 2. The van der Waals surface area contributed by atoms with Crippen LogP contribution in [-0.4, -0.2) is 164 Å². The first kappa shape index (κ1) is 63.2. The average molecular weight is 1050 g/mol. The fourth-order valence-electron chi connectivity index (χ4n) is 9.62. The first-order valence-electron chi connectivity index (χ1n) is 21.3. The van der Waals surface area contributed by atoms with Crippen LogP contribution in [0.4, 0.5) is 11.4 Å². The van der Waals surface area contributed by atoms with Crippen LogP contribution < -0.4 is 80.4 Å². The van der Waals surface area contributed by atoms with Gasteiger partial charge < -0.3 is 78.1 Å². The van der Waals surface area contributed by atoms with Gasteiger partial charge in [-0.2, -0.15) is 0 Å². The molecule has 0 spiro atoms. The van der Waals surface area contributed by atoms with Crippen LogP contribution in [0.1, 0.15) is 61.3 Å². The van der Waals surface area contributed by atoms with Crippen molar-refractivity contribution < 1.29 is 145 Å². The van der Waals surface area contributed by atoms with E-state index in [4.69, 9.17) is 10.2 Å². The number of carbonyl (C=O) groups is 8. The number of aliphatic hydroxyl groups is 2. The number of carboxylic acid groups (broad SMARTS) is 4. The Bertz CT molecular complexity index is 2300. The van der Waals surface area contributed by atoms with E-state index < -0.39 is 60.0 Å². The molecule has 0 unspecified atom stereocenters. The number of anilines is 2. The molecule has 0 bridgehead atoms. The molecule has 71 heavy (non-hydrogen) atoms. The predicted octanol–water partition coefficient (Wildman–Crippen LogP) is -6.58. The molecule has 23 nitrogen and oxygen atoms in total. The van der Waals surface area contributed by atoms with Gasteiger partial charge in [0.1, 0.15) is 11.4 Å². The van der Waals surface area contributed by atoms with Gasteiger partial charge in [-0.15, -0.1) is 23.5 Å². The Morgan fingerprint density at radius 1 is 0.606 bits per heavy atom. The van der Waals surface area contributed by atoms with Crippen LogP contribution in [-0.2, 0) is 28.8 Å². The molecule has 0 aliphatic carbocycles. The monoisotopic (exact) mass is 1050 g/mol. The van der Waals surface area contributed by atoms with Gasteiger partial charge in [0, 0.05) is 56.6 Å². The van der Waals surface area contributed by atoms with E-state index >= 15 is 0 Å². The molecule has 6 aliphatic heterocycles. The van der Waals surface area contributed by atoms with E-state index in [1.807, 2.05) is 13.8 Å². The molecule has 27 heteroatoms. The van der Waals surface area contributed by atoms with Crippen LogP contribution in [0.15, 0.2) is 69.7 Å². The zero-order valence-corrected chi connectivity index (χ0v) is 45.2. The van der Waals surface area contributed by atoms with Crippen LogP contribution in [0.5, 0.6) is 0 Å². The number of thioether (sulfide) groups is 2. The number of hydrogen-bond acceptors (Lipinski definition) is 14. The van der Waals surface area contributed by atoms with E-state index in [1.165, 1.54) is 71.4 Å². The fraction of sp³-hybridized carbons (Fsp3) is 0.455. The van der Waals surface area contributed by atoms with Crippen molar-refractivity contribution in [3.63, 3.8) is 0 Å². The maximum absolute atomic E-state index is 12.7. The molecule has 0 aromatic heterocycles. The second kappa shape index (κ2) is 25.9. The summed E-state index contributed by atoms with van der Waals surface area (Å²) in [4.78, 5) is 100. The molecule has 16 N–H and O–H groups in total. The minimum Gasteiger partial charge on any atom is -0.478 e. The summed E-state index contributed by atoms with van der Waals surface area (Å²) in [5.74, 6) is -7.59. The summed E-state index contributed by atoms with van der Waals surface area (Å²) in [7, 11) is 0. The Morgan fingerprint density at radius 3 is 1.24 bits per heavy atom. The minimum atomic E-state index is -1.18. The summed E-state index contributed by atoms with van der Waals surface area (Å²) in [5.41, 5.74) is 0.836. The summed E-state index contributed by atoms with van der Waals surface area (Å²) in [5, 5.41) is 69.2. The van der Waals surface area contributed by atoms with Crippen molar-refractivity contribution >= 4 is 82.4 Å². The summed E-state index contributed by atoms with van der Waals surface area (Å²) >= 11 is 2.72. The largest absolute Gasteiger partial charge is 1.00 e. The number of aliphatic hydroxyl groups excluding tert-OH is 2. The van der Waals surface area contributed by atoms with Crippen molar-refractivity contribution in [2.75, 3.05) is 23.7 Å². The standard InChI is InChI=1S/2C22H25N3O7S.2Na.3H2O/c2*1-9-16-15(10(2)26)20(28)25(16)17(22(31)32)18(9)33-13-7-14(23-8-13)19(27)24-12-5-3-4-11(6-12)21(29)30;;;;;/h2*3-6,9-10,13-16,23,26H,7-8H2,1-2H3,(H,24,27)(H,29,30)(H,31,32);;;3*1H2/q;;2*+1;;;/t2*9-,10-,13+,14+,15-,16-;;;;;/m11...../s1. The smallest absolute Gasteiger partial charge is 0.478 e. The number of amides is 4. The molecule has 8 rings (SSSR count). The van der Waals surface area contributed by atoms with Gasteiger partial charge in [-0.05, 0) is 63.1 Å². The molecule has 4 amide bonds. The van der Waals surface area contributed by atoms with Gasteiger partial charge in [0.25, 0.3) is 0 Å². The number of β-lactam (4-membered cyclic amide) rings is 2. The minimum absolute atomic E-state index is 0. The molecule has 2 aromatic rings. The summed E-state index contributed by atoms with van der Waals surface area (Å²) < 4.78 is 0. The molecule has 6 aliphatic rings. The van der Waals surface area contributed by atoms with E-state index in [0.29, 0.717) is 47.1 Å². The Kier molecular flexibility index (Phi) is 23.0. The molecule has 6 heterocycles. The molecule has 4 saturated heterocycles. The fourth-order valence-corrected chi connectivity index (χ4v) is 12.6. The van der Waals surface area contributed by atoms with Crippen molar-refractivity contribution in [1.29, 1.82) is 0 Å². The SMILES string of the molecule is C[C@@H](O)[C@H]1C(=O)N2C(C(=O)O)=C(S[C@@H]3CN[C@H](C(=O)Nc4cccc(C(=O)O)c4)C3)[C@H](C)[C@H]12.C[C@@H](O)[C@H]1C(=O)N2C(C(=O)O)=C(S[C@@H]3CN[C@H](C(=O)Nc4cccc(C(=O)O)c4)C3)[C@H](C)[C@H]12.O.O.O.[Na+].[Na+]. The summed E-state index contributed by atoms with van der Waals surface area (Å²) in [6, 6.07) is 10.1. The number of nitrogens with one attached hydrogen (secondary N) is 4. The Balaban J connectivity index is 0.000000455. The number of carboxylic acids is 4. The van der Waals surface area contributed by atoms with Crippen molar-refractivity contribution in [2.45, 2.75) is 87.4 Å². The van der Waals surface area contributed by atoms with E-state index in [2.05, 4.69) is 21.3 Å². The summed E-state index contributed by atoms with van der Waals surface area (Å²) in [6.45, 7) is 7.74. The van der Waals surface area contributed by atoms with E-state index in [9.17, 15) is 58.8 Å².